The van der Waals surface area contributed by atoms with E-state index in [1.807, 2.05) is 0 Å². The number of halogens is 3. The molecule has 0 saturated heterocycles. The summed E-state index contributed by atoms with van der Waals surface area (Å²) in [5.74, 6) is -2.97. The molecule has 104 valence electrons. The van der Waals surface area contributed by atoms with Crippen LogP contribution in [0.3, 0.4) is 0 Å². The van der Waals surface area contributed by atoms with E-state index in [0.29, 0.717) is 11.3 Å². The molecular formula is C14H10ClF2NO2. The van der Waals surface area contributed by atoms with E-state index in [4.69, 9.17) is 16.3 Å². The maximum absolute atomic E-state index is 14.0. The molecule has 6 heteroatoms. The topological polar surface area (TPSA) is 39.2 Å². The van der Waals surface area contributed by atoms with Crippen molar-refractivity contribution in [1.82, 2.24) is 4.98 Å². The molecule has 0 aliphatic heterocycles. The van der Waals surface area contributed by atoms with Gasteiger partial charge in [-0.1, -0.05) is 11.6 Å². The minimum Gasteiger partial charge on any atom is -0.422 e. The van der Waals surface area contributed by atoms with Crippen molar-refractivity contribution in [1.29, 1.82) is 0 Å². The number of aromatic nitrogens is 1. The molecule has 2 aromatic rings. The largest absolute Gasteiger partial charge is 0.422 e. The summed E-state index contributed by atoms with van der Waals surface area (Å²) in [5.41, 5.74) is 2.20. The van der Waals surface area contributed by atoms with Gasteiger partial charge in [-0.25, -0.2) is 13.6 Å². The van der Waals surface area contributed by atoms with Crippen LogP contribution in [0.1, 0.15) is 11.3 Å². The summed E-state index contributed by atoms with van der Waals surface area (Å²) in [6.07, 6.45) is 0.972. The van der Waals surface area contributed by atoms with E-state index in [1.165, 1.54) is 6.07 Å². The van der Waals surface area contributed by atoms with Gasteiger partial charge in [-0.15, -0.1) is 0 Å². The number of hydrogen-bond donors (Lipinski definition) is 0. The van der Waals surface area contributed by atoms with Crippen molar-refractivity contribution < 1.29 is 18.3 Å². The second-order valence-corrected chi connectivity index (χ2v) is 4.37. The van der Waals surface area contributed by atoms with E-state index < -0.39 is 17.6 Å². The van der Waals surface area contributed by atoms with Crippen molar-refractivity contribution in [3.63, 3.8) is 0 Å². The SMILES string of the molecule is Cc1nc2ccc(F)c(F)c2c(OC(=O)C=CCl)c1C. The minimum absolute atomic E-state index is 0.0516. The van der Waals surface area contributed by atoms with Crippen LogP contribution in [0.2, 0.25) is 0 Å². The lowest BCUT2D eigenvalue weighted by Gasteiger charge is -2.12. The zero-order valence-electron chi connectivity index (χ0n) is 10.7. The average molecular weight is 298 g/mol. The predicted molar refractivity (Wildman–Crippen MR) is 71.8 cm³/mol. The summed E-state index contributed by atoms with van der Waals surface area (Å²) in [6.45, 7) is 3.30. The monoisotopic (exact) mass is 297 g/mol. The molecule has 0 radical (unpaired) electrons. The Morgan fingerprint density at radius 1 is 1.35 bits per heavy atom. The number of fused-ring (bicyclic) bond motifs is 1. The number of esters is 1. The Morgan fingerprint density at radius 3 is 2.70 bits per heavy atom. The van der Waals surface area contributed by atoms with Crippen LogP contribution in [0, 0.1) is 25.5 Å². The molecule has 1 aromatic carbocycles. The summed E-state index contributed by atoms with van der Waals surface area (Å²) in [5, 5.41) is -0.163. The van der Waals surface area contributed by atoms with Gasteiger partial charge < -0.3 is 4.74 Å². The predicted octanol–water partition coefficient (Wildman–Crippen LogP) is 3.79. The van der Waals surface area contributed by atoms with Gasteiger partial charge in [-0.3, -0.25) is 4.98 Å². The number of hydrogen-bond acceptors (Lipinski definition) is 3. The van der Waals surface area contributed by atoms with Crippen LogP contribution in [-0.2, 0) is 4.79 Å². The molecule has 0 aliphatic carbocycles. The molecule has 0 atom stereocenters. The molecule has 20 heavy (non-hydrogen) atoms. The van der Waals surface area contributed by atoms with Gasteiger partial charge in [0, 0.05) is 22.9 Å². The van der Waals surface area contributed by atoms with E-state index in [9.17, 15) is 13.6 Å². The second-order valence-electron chi connectivity index (χ2n) is 4.12. The van der Waals surface area contributed by atoms with Crippen molar-refractivity contribution in [3.05, 3.63) is 46.6 Å². The van der Waals surface area contributed by atoms with Crippen molar-refractivity contribution in [2.75, 3.05) is 0 Å². The summed E-state index contributed by atoms with van der Waals surface area (Å²) >= 11 is 5.28. The van der Waals surface area contributed by atoms with Crippen LogP contribution in [0.25, 0.3) is 10.9 Å². The number of benzene rings is 1. The molecule has 2 rings (SSSR count). The molecule has 3 nitrogen and oxygen atoms in total. The molecule has 0 bridgehead atoms. The van der Waals surface area contributed by atoms with Gasteiger partial charge in [0.05, 0.1) is 10.9 Å². The Kier molecular flexibility index (Phi) is 3.99. The Labute approximate surface area is 118 Å². The number of nitrogens with zero attached hydrogens (tertiary/aromatic N) is 1. The highest BCUT2D eigenvalue weighted by Crippen LogP contribution is 2.33. The van der Waals surface area contributed by atoms with Crippen molar-refractivity contribution in [2.45, 2.75) is 13.8 Å². The highest BCUT2D eigenvalue weighted by Gasteiger charge is 2.19. The van der Waals surface area contributed by atoms with Crippen LogP contribution in [0.15, 0.2) is 23.7 Å². The lowest BCUT2D eigenvalue weighted by Crippen LogP contribution is -2.08. The Balaban J connectivity index is 2.75. The van der Waals surface area contributed by atoms with Crippen LogP contribution in [0.5, 0.6) is 5.75 Å². The Bertz CT molecular complexity index is 729. The van der Waals surface area contributed by atoms with E-state index in [1.54, 1.807) is 13.8 Å². The molecule has 0 amide bonds. The standard InChI is InChI=1S/C14H10ClF2NO2/c1-7-8(2)18-10-4-3-9(16)13(17)12(10)14(7)20-11(19)5-6-15/h3-6H,1-2H3. The molecule has 0 N–H and O–H groups in total. The Morgan fingerprint density at radius 2 is 2.05 bits per heavy atom. The lowest BCUT2D eigenvalue weighted by molar-refractivity contribution is -0.128. The highest BCUT2D eigenvalue weighted by atomic mass is 35.5. The van der Waals surface area contributed by atoms with Crippen molar-refractivity contribution >= 4 is 28.5 Å². The molecule has 0 fully saturated rings. The summed E-state index contributed by atoms with van der Waals surface area (Å²) < 4.78 is 32.4. The first-order valence-electron chi connectivity index (χ1n) is 5.69. The molecular weight excluding hydrogens is 288 g/mol. The molecule has 0 spiro atoms. The molecule has 1 aromatic heterocycles. The first-order chi connectivity index (χ1) is 9.45. The van der Waals surface area contributed by atoms with E-state index >= 15 is 0 Å². The maximum atomic E-state index is 14.0. The normalized spacial score (nSPS) is 11.2. The fourth-order valence-corrected chi connectivity index (χ4v) is 1.88. The summed E-state index contributed by atoms with van der Waals surface area (Å²) in [4.78, 5) is 15.6. The number of aryl methyl sites for hydroxylation is 1. The van der Waals surface area contributed by atoms with Crippen molar-refractivity contribution in [2.24, 2.45) is 0 Å². The average Bonchev–Trinajstić information content (AvgIpc) is 2.40. The second kappa shape index (κ2) is 5.54. The zero-order valence-corrected chi connectivity index (χ0v) is 11.5. The van der Waals surface area contributed by atoms with Crippen LogP contribution in [0.4, 0.5) is 8.78 Å². The van der Waals surface area contributed by atoms with E-state index in [2.05, 4.69) is 4.98 Å². The maximum Gasteiger partial charge on any atom is 0.337 e. The summed E-state index contributed by atoms with van der Waals surface area (Å²) in [6, 6.07) is 2.30. The molecule has 0 unspecified atom stereocenters. The molecule has 0 saturated carbocycles. The van der Waals surface area contributed by atoms with Gasteiger partial charge in [0.1, 0.15) is 5.75 Å². The third-order valence-electron chi connectivity index (χ3n) is 2.87. The number of rotatable bonds is 2. The minimum atomic E-state index is -1.10. The first kappa shape index (κ1) is 14.4. The van der Waals surface area contributed by atoms with Crippen LogP contribution in [-0.4, -0.2) is 11.0 Å². The number of carbonyl (C=O) groups excluding carboxylic acids is 1. The highest BCUT2D eigenvalue weighted by molar-refractivity contribution is 6.26. The quantitative estimate of drug-likeness (QED) is 0.625. The van der Waals surface area contributed by atoms with E-state index in [-0.39, 0.29) is 16.7 Å². The van der Waals surface area contributed by atoms with Crippen LogP contribution >= 0.6 is 11.6 Å². The number of ether oxygens (including phenoxy) is 1. The van der Waals surface area contributed by atoms with Gasteiger partial charge >= 0.3 is 5.97 Å². The number of pyridine rings is 1. The van der Waals surface area contributed by atoms with Gasteiger partial charge in [0.15, 0.2) is 11.6 Å². The van der Waals surface area contributed by atoms with Gasteiger partial charge in [0.2, 0.25) is 0 Å². The zero-order chi connectivity index (χ0) is 14.9. The molecule has 1 heterocycles. The molecule has 0 aliphatic rings. The third-order valence-corrected chi connectivity index (χ3v) is 3.00. The van der Waals surface area contributed by atoms with Crippen molar-refractivity contribution in [3.8, 4) is 5.75 Å². The smallest absolute Gasteiger partial charge is 0.337 e. The first-order valence-corrected chi connectivity index (χ1v) is 6.12. The van der Waals surface area contributed by atoms with Gasteiger partial charge in [-0.05, 0) is 26.0 Å². The fraction of sp³-hybridized carbons (Fsp3) is 0.143. The fourth-order valence-electron chi connectivity index (χ4n) is 1.78. The summed E-state index contributed by atoms with van der Waals surface area (Å²) in [7, 11) is 0. The Hall–Kier alpha value is -2.01. The van der Waals surface area contributed by atoms with Gasteiger partial charge in [0.25, 0.3) is 0 Å². The van der Waals surface area contributed by atoms with E-state index in [0.717, 1.165) is 17.7 Å². The lowest BCUT2D eigenvalue weighted by atomic mass is 10.1. The van der Waals surface area contributed by atoms with Crippen LogP contribution < -0.4 is 4.74 Å². The number of carbonyl (C=O) groups is 1. The third kappa shape index (κ3) is 2.49. The van der Waals surface area contributed by atoms with Gasteiger partial charge in [-0.2, -0.15) is 0 Å².